The first-order chi connectivity index (χ1) is 15.8. The summed E-state index contributed by atoms with van der Waals surface area (Å²) < 4.78 is 5.36. The van der Waals surface area contributed by atoms with Crippen molar-refractivity contribution in [3.63, 3.8) is 0 Å². The van der Waals surface area contributed by atoms with Gasteiger partial charge in [-0.25, -0.2) is 0 Å². The normalized spacial score (nSPS) is 16.1. The molecule has 0 saturated carbocycles. The summed E-state index contributed by atoms with van der Waals surface area (Å²) in [5.74, 6) is -2.48. The molecule has 4 rings (SSSR count). The fourth-order valence-electron chi connectivity index (χ4n) is 4.10. The van der Waals surface area contributed by atoms with E-state index in [4.69, 9.17) is 4.74 Å². The third kappa shape index (κ3) is 5.15. The lowest BCUT2D eigenvalue weighted by molar-refractivity contribution is -0.142. The zero-order valence-corrected chi connectivity index (χ0v) is 18.6. The Morgan fingerprint density at radius 3 is 2.52 bits per heavy atom. The van der Waals surface area contributed by atoms with Gasteiger partial charge >= 0.3 is 0 Å². The number of hydrogen-bond acceptors (Lipinski definition) is 7. The van der Waals surface area contributed by atoms with E-state index < -0.39 is 11.5 Å². The van der Waals surface area contributed by atoms with Gasteiger partial charge in [0.25, 0.3) is 11.8 Å². The number of carbonyl (C=O) groups is 1. The molecule has 1 fully saturated rings. The first-order valence-corrected chi connectivity index (χ1v) is 11.1. The monoisotopic (exact) mass is 451 g/mol. The van der Waals surface area contributed by atoms with Gasteiger partial charge in [0, 0.05) is 42.5 Å². The number of nitrogens with zero attached hydrogens (tertiary/aromatic N) is 2. The number of para-hydroxylation sites is 1. The number of benzene rings is 2. The number of rotatable bonds is 7. The number of likely N-dealkylation sites (tertiary alicyclic amines) is 1. The van der Waals surface area contributed by atoms with Gasteiger partial charge in [-0.2, -0.15) is 0 Å². The van der Waals surface area contributed by atoms with Gasteiger partial charge in [-0.15, -0.1) is 0 Å². The first-order valence-electron chi connectivity index (χ1n) is 11.1. The van der Waals surface area contributed by atoms with Crippen molar-refractivity contribution in [2.75, 3.05) is 31.6 Å². The third-order valence-electron chi connectivity index (χ3n) is 6.02. The topological polar surface area (TPSA) is 115 Å². The maximum absolute atomic E-state index is 12.9. The Balaban J connectivity index is 1.42. The fourth-order valence-corrected chi connectivity index (χ4v) is 4.10. The highest BCUT2D eigenvalue weighted by molar-refractivity contribution is 5.94. The molecule has 8 heteroatoms. The zero-order chi connectivity index (χ0) is 23.5. The molecule has 0 bridgehead atoms. The van der Waals surface area contributed by atoms with Gasteiger partial charge in [-0.05, 0) is 56.2 Å². The predicted molar refractivity (Wildman–Crippen MR) is 125 cm³/mol. The van der Waals surface area contributed by atoms with Crippen LogP contribution >= 0.6 is 0 Å². The minimum absolute atomic E-state index is 0.127. The van der Waals surface area contributed by atoms with Crippen molar-refractivity contribution in [2.45, 2.75) is 31.3 Å². The lowest BCUT2D eigenvalue weighted by atomic mass is 9.92. The molecule has 2 heterocycles. The summed E-state index contributed by atoms with van der Waals surface area (Å²) in [6.45, 7) is 3.62. The van der Waals surface area contributed by atoms with E-state index in [1.54, 1.807) is 53.6 Å². The molecule has 0 atom stereocenters. The molecule has 1 aromatic heterocycles. The third-order valence-corrected chi connectivity index (χ3v) is 6.02. The van der Waals surface area contributed by atoms with Gasteiger partial charge in [-0.3, -0.25) is 9.78 Å². The smallest absolute Gasteiger partial charge is 0.274 e. The first kappa shape index (κ1) is 23.1. The van der Waals surface area contributed by atoms with Crippen molar-refractivity contribution < 1.29 is 24.9 Å². The molecule has 1 amide bonds. The van der Waals surface area contributed by atoms with E-state index in [0.717, 1.165) is 5.39 Å². The maximum atomic E-state index is 12.9. The molecule has 3 aromatic rings. The number of hydrogen-bond donors (Lipinski definition) is 4. The summed E-state index contributed by atoms with van der Waals surface area (Å²) in [6, 6.07) is 15.4. The van der Waals surface area contributed by atoms with Crippen LogP contribution < -0.4 is 5.32 Å². The number of anilines is 1. The quantitative estimate of drug-likeness (QED) is 0.408. The highest BCUT2D eigenvalue weighted by Crippen LogP contribution is 2.28. The molecular weight excluding hydrogens is 422 g/mol. The maximum Gasteiger partial charge on any atom is 0.274 e. The van der Waals surface area contributed by atoms with E-state index in [1.165, 1.54) is 0 Å². The van der Waals surface area contributed by atoms with Crippen LogP contribution in [-0.2, 0) is 10.6 Å². The number of amides is 1. The SMILES string of the molecule is CCOCC1(O)CCN(C(=O)c2ccc(NC(O)(O)c3cccc4cccnc34)cc2)CC1. The van der Waals surface area contributed by atoms with E-state index in [9.17, 15) is 20.1 Å². The lowest BCUT2D eigenvalue weighted by Crippen LogP contribution is -2.49. The van der Waals surface area contributed by atoms with Crippen LogP contribution in [0.4, 0.5) is 5.69 Å². The van der Waals surface area contributed by atoms with Crippen LogP contribution in [0.15, 0.2) is 60.8 Å². The molecular formula is C25H29N3O5. The van der Waals surface area contributed by atoms with Crippen molar-refractivity contribution in [2.24, 2.45) is 0 Å². The molecule has 8 nitrogen and oxygen atoms in total. The van der Waals surface area contributed by atoms with Crippen LogP contribution in [0.1, 0.15) is 35.7 Å². The largest absolute Gasteiger partial charge is 0.387 e. The van der Waals surface area contributed by atoms with E-state index in [2.05, 4.69) is 10.3 Å². The van der Waals surface area contributed by atoms with Crippen molar-refractivity contribution in [3.05, 3.63) is 71.9 Å². The summed E-state index contributed by atoms with van der Waals surface area (Å²) in [7, 11) is 0. The summed E-state index contributed by atoms with van der Waals surface area (Å²) in [6.07, 6.45) is 2.53. The molecule has 174 valence electrons. The van der Waals surface area contributed by atoms with Gasteiger partial charge < -0.3 is 30.3 Å². The number of fused-ring (bicyclic) bond motifs is 1. The number of pyridine rings is 1. The number of aliphatic hydroxyl groups is 3. The second-order valence-corrected chi connectivity index (χ2v) is 8.41. The van der Waals surface area contributed by atoms with E-state index in [1.807, 2.05) is 19.1 Å². The number of carbonyl (C=O) groups excluding carboxylic acids is 1. The molecule has 0 aliphatic carbocycles. The van der Waals surface area contributed by atoms with E-state index >= 15 is 0 Å². The minimum Gasteiger partial charge on any atom is -0.387 e. The van der Waals surface area contributed by atoms with Crippen LogP contribution in [0.3, 0.4) is 0 Å². The van der Waals surface area contributed by atoms with Gasteiger partial charge in [0.2, 0.25) is 0 Å². The van der Waals surface area contributed by atoms with Crippen molar-refractivity contribution in [1.82, 2.24) is 9.88 Å². The predicted octanol–water partition coefficient (Wildman–Crippen LogP) is 2.45. The summed E-state index contributed by atoms with van der Waals surface area (Å²) >= 11 is 0. The Morgan fingerprint density at radius 2 is 1.82 bits per heavy atom. The molecule has 1 aliphatic rings. The number of nitrogens with one attached hydrogen (secondary N) is 1. The van der Waals surface area contributed by atoms with Crippen LogP contribution in [0, 0.1) is 0 Å². The summed E-state index contributed by atoms with van der Waals surface area (Å²) in [4.78, 5) is 18.9. The van der Waals surface area contributed by atoms with E-state index in [-0.39, 0.29) is 18.1 Å². The lowest BCUT2D eigenvalue weighted by Gasteiger charge is -2.38. The highest BCUT2D eigenvalue weighted by atomic mass is 16.5. The number of ether oxygens (including phenoxy) is 1. The fraction of sp³-hybridized carbons (Fsp3) is 0.360. The molecule has 0 unspecified atom stereocenters. The molecule has 33 heavy (non-hydrogen) atoms. The molecule has 4 N–H and O–H groups in total. The number of aromatic nitrogens is 1. The Morgan fingerprint density at radius 1 is 1.12 bits per heavy atom. The standard InChI is InChI=1S/C25H29N3O5/c1-2-33-17-24(30)12-15-28(16-13-24)23(29)19-8-10-20(11-9-19)27-25(31,32)21-7-3-5-18-6-4-14-26-22(18)21/h3-11,14,27,30-32H,2,12-13,15-17H2,1H3. The second-order valence-electron chi connectivity index (χ2n) is 8.41. The molecule has 2 aromatic carbocycles. The second kappa shape index (κ2) is 9.44. The molecule has 0 radical (unpaired) electrons. The minimum atomic E-state index is -2.35. The Hall–Kier alpha value is -3.04. The average molecular weight is 452 g/mol. The highest BCUT2D eigenvalue weighted by Gasteiger charge is 2.34. The van der Waals surface area contributed by atoms with Crippen LogP contribution in [0.25, 0.3) is 10.9 Å². The Kier molecular flexibility index (Phi) is 6.62. The van der Waals surface area contributed by atoms with Crippen LogP contribution in [0.2, 0.25) is 0 Å². The molecule has 0 spiro atoms. The van der Waals surface area contributed by atoms with Crippen LogP contribution in [-0.4, -0.2) is 63.0 Å². The Labute approximate surface area is 192 Å². The molecule has 1 aliphatic heterocycles. The van der Waals surface area contributed by atoms with Gasteiger partial charge in [0.1, 0.15) is 0 Å². The van der Waals surface area contributed by atoms with Crippen molar-refractivity contribution in [1.29, 1.82) is 0 Å². The van der Waals surface area contributed by atoms with Gasteiger partial charge in [0.05, 0.1) is 23.3 Å². The molecule has 1 saturated heterocycles. The van der Waals surface area contributed by atoms with Crippen molar-refractivity contribution >= 4 is 22.5 Å². The zero-order valence-electron chi connectivity index (χ0n) is 18.6. The summed E-state index contributed by atoms with van der Waals surface area (Å²) in [5.41, 5.74) is 0.758. The summed E-state index contributed by atoms with van der Waals surface area (Å²) in [5, 5.41) is 35.5. The van der Waals surface area contributed by atoms with Crippen LogP contribution in [0.5, 0.6) is 0 Å². The van der Waals surface area contributed by atoms with E-state index in [0.29, 0.717) is 49.3 Å². The van der Waals surface area contributed by atoms with Gasteiger partial charge in [0.15, 0.2) is 0 Å². The van der Waals surface area contributed by atoms with Gasteiger partial charge in [-0.1, -0.05) is 18.2 Å². The Bertz CT molecular complexity index is 1100. The average Bonchev–Trinajstić information content (AvgIpc) is 2.83. The van der Waals surface area contributed by atoms with Crippen molar-refractivity contribution in [3.8, 4) is 0 Å². The number of piperidine rings is 1.